The van der Waals surface area contributed by atoms with Gasteiger partial charge in [-0.15, -0.1) is 0 Å². The Labute approximate surface area is 113 Å². The maximum absolute atomic E-state index is 11.6. The summed E-state index contributed by atoms with van der Waals surface area (Å²) in [6, 6.07) is 9.24. The van der Waals surface area contributed by atoms with Gasteiger partial charge < -0.3 is 9.47 Å². The highest BCUT2D eigenvalue weighted by molar-refractivity contribution is 5.73. The van der Waals surface area contributed by atoms with Gasteiger partial charge in [-0.3, -0.25) is 9.59 Å². The minimum Gasteiger partial charge on any atom is -0.466 e. The summed E-state index contributed by atoms with van der Waals surface area (Å²) in [4.78, 5) is 23.1. The predicted molar refractivity (Wildman–Crippen MR) is 71.4 cm³/mol. The van der Waals surface area contributed by atoms with E-state index in [1.807, 2.05) is 37.3 Å². The molecule has 4 heteroatoms. The summed E-state index contributed by atoms with van der Waals surface area (Å²) in [6.07, 6.45) is 0.554. The van der Waals surface area contributed by atoms with Crippen molar-refractivity contribution in [2.45, 2.75) is 39.2 Å². The molecule has 0 N–H and O–H groups in total. The smallest absolute Gasteiger partial charge is 0.309 e. The second-order valence-corrected chi connectivity index (χ2v) is 4.15. The number of rotatable bonds is 7. The molecule has 0 aliphatic rings. The van der Waals surface area contributed by atoms with Crippen molar-refractivity contribution in [2.24, 2.45) is 0 Å². The number of ether oxygens (including phenoxy) is 2. The molecular formula is C15H20O4. The minimum absolute atomic E-state index is 0.0489. The first-order valence-electron chi connectivity index (χ1n) is 6.57. The highest BCUT2D eigenvalue weighted by Gasteiger charge is 2.20. The lowest BCUT2D eigenvalue weighted by atomic mass is 10.1. The van der Waals surface area contributed by atoms with E-state index in [1.165, 1.54) is 0 Å². The third kappa shape index (κ3) is 5.55. The quantitative estimate of drug-likeness (QED) is 0.710. The van der Waals surface area contributed by atoms with Crippen LogP contribution >= 0.6 is 0 Å². The molecule has 0 aliphatic heterocycles. The van der Waals surface area contributed by atoms with Crippen molar-refractivity contribution < 1.29 is 19.1 Å². The zero-order chi connectivity index (χ0) is 14.1. The van der Waals surface area contributed by atoms with Gasteiger partial charge in [0.1, 0.15) is 6.10 Å². The third-order valence-electron chi connectivity index (χ3n) is 2.56. The van der Waals surface area contributed by atoms with Crippen LogP contribution in [0.4, 0.5) is 0 Å². The van der Waals surface area contributed by atoms with Crippen LogP contribution in [0.3, 0.4) is 0 Å². The zero-order valence-corrected chi connectivity index (χ0v) is 11.4. The van der Waals surface area contributed by atoms with Crippen LogP contribution in [0.15, 0.2) is 30.3 Å². The molecule has 0 bridgehead atoms. The van der Waals surface area contributed by atoms with Crippen molar-refractivity contribution in [2.75, 3.05) is 6.61 Å². The molecule has 19 heavy (non-hydrogen) atoms. The topological polar surface area (TPSA) is 52.6 Å². The lowest BCUT2D eigenvalue weighted by Crippen LogP contribution is -2.16. The summed E-state index contributed by atoms with van der Waals surface area (Å²) < 4.78 is 10.3. The van der Waals surface area contributed by atoms with E-state index in [-0.39, 0.29) is 18.4 Å². The van der Waals surface area contributed by atoms with Gasteiger partial charge >= 0.3 is 11.9 Å². The van der Waals surface area contributed by atoms with Gasteiger partial charge in [0.05, 0.1) is 13.0 Å². The van der Waals surface area contributed by atoms with Gasteiger partial charge in [0.2, 0.25) is 0 Å². The number of hydrogen-bond donors (Lipinski definition) is 0. The number of carbonyl (C=O) groups excluding carboxylic acids is 2. The van der Waals surface area contributed by atoms with Gasteiger partial charge in [-0.1, -0.05) is 37.3 Å². The van der Waals surface area contributed by atoms with E-state index in [0.29, 0.717) is 13.0 Å². The van der Waals surface area contributed by atoms with Crippen molar-refractivity contribution in [1.29, 1.82) is 0 Å². The Bertz CT molecular complexity index is 380. The van der Waals surface area contributed by atoms with Gasteiger partial charge in [-0.05, 0) is 18.9 Å². The Morgan fingerprint density at radius 3 is 2.37 bits per heavy atom. The monoisotopic (exact) mass is 264 g/mol. The molecule has 1 aromatic rings. The van der Waals surface area contributed by atoms with Crippen LogP contribution < -0.4 is 0 Å². The molecule has 0 fully saturated rings. The Morgan fingerprint density at radius 2 is 1.79 bits per heavy atom. The SMILES string of the molecule is CCCC(=O)O[C@H](CC(=O)OCC)c1ccccc1. The summed E-state index contributed by atoms with van der Waals surface area (Å²) in [7, 11) is 0. The molecule has 104 valence electrons. The highest BCUT2D eigenvalue weighted by Crippen LogP contribution is 2.22. The largest absolute Gasteiger partial charge is 0.466 e. The summed E-state index contributed by atoms with van der Waals surface area (Å²) in [6.45, 7) is 3.98. The molecular weight excluding hydrogens is 244 g/mol. The van der Waals surface area contributed by atoms with Crippen molar-refractivity contribution >= 4 is 11.9 Å². The van der Waals surface area contributed by atoms with Crippen molar-refractivity contribution in [3.8, 4) is 0 Å². The number of carbonyl (C=O) groups is 2. The van der Waals surface area contributed by atoms with E-state index < -0.39 is 6.10 Å². The van der Waals surface area contributed by atoms with Crippen molar-refractivity contribution in [3.63, 3.8) is 0 Å². The van der Waals surface area contributed by atoms with Gasteiger partial charge in [0, 0.05) is 6.42 Å². The molecule has 0 radical (unpaired) electrons. The molecule has 0 heterocycles. The fraction of sp³-hybridized carbons (Fsp3) is 0.467. The fourth-order valence-electron chi connectivity index (χ4n) is 1.69. The summed E-state index contributed by atoms with van der Waals surface area (Å²) in [5.41, 5.74) is 0.806. The Balaban J connectivity index is 2.73. The van der Waals surface area contributed by atoms with Crippen LogP contribution in [0.5, 0.6) is 0 Å². The van der Waals surface area contributed by atoms with Crippen LogP contribution in [-0.2, 0) is 19.1 Å². The molecule has 1 rings (SSSR count). The fourth-order valence-corrected chi connectivity index (χ4v) is 1.69. The van der Waals surface area contributed by atoms with Crippen LogP contribution in [0.25, 0.3) is 0 Å². The molecule has 4 nitrogen and oxygen atoms in total. The minimum atomic E-state index is -0.570. The lowest BCUT2D eigenvalue weighted by Gasteiger charge is -2.17. The van der Waals surface area contributed by atoms with E-state index >= 15 is 0 Å². The number of hydrogen-bond acceptors (Lipinski definition) is 4. The van der Waals surface area contributed by atoms with Crippen LogP contribution in [-0.4, -0.2) is 18.5 Å². The van der Waals surface area contributed by atoms with Gasteiger partial charge in [0.25, 0.3) is 0 Å². The average Bonchev–Trinajstić information content (AvgIpc) is 2.39. The molecule has 0 aliphatic carbocycles. The molecule has 0 amide bonds. The van der Waals surface area contributed by atoms with E-state index in [4.69, 9.17) is 9.47 Å². The van der Waals surface area contributed by atoms with Gasteiger partial charge in [-0.25, -0.2) is 0 Å². The molecule has 0 aromatic heterocycles. The Hall–Kier alpha value is -1.84. The standard InChI is InChI=1S/C15H20O4/c1-3-8-14(16)19-13(11-15(17)18-4-2)12-9-6-5-7-10-12/h5-7,9-10,13H,3-4,8,11H2,1-2H3/t13-/m1/s1. The molecule has 0 unspecified atom stereocenters. The molecule has 1 aromatic carbocycles. The van der Waals surface area contributed by atoms with Gasteiger partial charge in [-0.2, -0.15) is 0 Å². The molecule has 0 spiro atoms. The Morgan fingerprint density at radius 1 is 1.11 bits per heavy atom. The molecule has 0 saturated carbocycles. The maximum atomic E-state index is 11.6. The normalized spacial score (nSPS) is 11.7. The van der Waals surface area contributed by atoms with E-state index in [1.54, 1.807) is 6.92 Å². The molecule has 1 atom stereocenters. The first-order valence-corrected chi connectivity index (χ1v) is 6.57. The number of benzene rings is 1. The van der Waals surface area contributed by atoms with E-state index in [9.17, 15) is 9.59 Å². The summed E-state index contributed by atoms with van der Waals surface area (Å²) in [5.74, 6) is -0.652. The van der Waals surface area contributed by atoms with Crippen molar-refractivity contribution in [1.82, 2.24) is 0 Å². The zero-order valence-electron chi connectivity index (χ0n) is 11.4. The summed E-state index contributed by atoms with van der Waals surface area (Å²) in [5, 5.41) is 0. The first kappa shape index (κ1) is 15.2. The van der Waals surface area contributed by atoms with Crippen LogP contribution in [0.1, 0.15) is 44.8 Å². The van der Waals surface area contributed by atoms with Crippen LogP contribution in [0.2, 0.25) is 0 Å². The average molecular weight is 264 g/mol. The maximum Gasteiger partial charge on any atom is 0.309 e. The van der Waals surface area contributed by atoms with Crippen LogP contribution in [0, 0.1) is 0 Å². The van der Waals surface area contributed by atoms with E-state index in [2.05, 4.69) is 0 Å². The number of esters is 2. The lowest BCUT2D eigenvalue weighted by molar-refractivity contribution is -0.155. The van der Waals surface area contributed by atoms with Crippen molar-refractivity contribution in [3.05, 3.63) is 35.9 Å². The second kappa shape index (κ2) is 8.29. The molecule has 0 saturated heterocycles. The first-order chi connectivity index (χ1) is 9.17. The van der Waals surface area contributed by atoms with E-state index in [0.717, 1.165) is 12.0 Å². The second-order valence-electron chi connectivity index (χ2n) is 4.15. The third-order valence-corrected chi connectivity index (χ3v) is 2.56. The van der Waals surface area contributed by atoms with Gasteiger partial charge in [0.15, 0.2) is 0 Å². The Kier molecular flexibility index (Phi) is 6.64. The summed E-state index contributed by atoms with van der Waals surface area (Å²) >= 11 is 0. The highest BCUT2D eigenvalue weighted by atomic mass is 16.6. The predicted octanol–water partition coefficient (Wildman–Crippen LogP) is 3.02.